The van der Waals surface area contributed by atoms with Gasteiger partial charge in [0.05, 0.1) is 0 Å². The summed E-state index contributed by atoms with van der Waals surface area (Å²) in [4.78, 5) is 14.7. The van der Waals surface area contributed by atoms with E-state index in [2.05, 4.69) is 0 Å². The molecule has 1 amide bonds. The SMILES string of the molecule is O=C(c1ccc(Cl)cc1)N1CCSC1c1ccc2c(c1)OCCO2. The molecule has 6 heteroatoms. The van der Waals surface area contributed by atoms with E-state index >= 15 is 0 Å². The standard InChI is InChI=1S/C18H16ClNO3S/c19-14-4-1-12(2-5-14)17(21)20-7-10-24-18(20)13-3-6-15-16(11-13)23-9-8-22-15/h1-6,11,18H,7-10H2. The molecule has 4 nitrogen and oxygen atoms in total. The van der Waals surface area contributed by atoms with Crippen molar-refractivity contribution in [3.63, 3.8) is 0 Å². The van der Waals surface area contributed by atoms with E-state index in [0.29, 0.717) is 23.8 Å². The van der Waals surface area contributed by atoms with Crippen LogP contribution in [-0.4, -0.2) is 36.3 Å². The number of hydrogen-bond acceptors (Lipinski definition) is 4. The summed E-state index contributed by atoms with van der Waals surface area (Å²) in [6, 6.07) is 13.0. The van der Waals surface area contributed by atoms with Crippen LogP contribution in [0, 0.1) is 0 Å². The average molecular weight is 362 g/mol. The van der Waals surface area contributed by atoms with Crippen molar-refractivity contribution in [3.8, 4) is 11.5 Å². The molecule has 0 aliphatic carbocycles. The van der Waals surface area contributed by atoms with E-state index in [-0.39, 0.29) is 11.3 Å². The molecule has 4 rings (SSSR count). The van der Waals surface area contributed by atoms with Crippen LogP contribution in [-0.2, 0) is 0 Å². The first-order chi connectivity index (χ1) is 11.7. The number of hydrogen-bond donors (Lipinski definition) is 0. The Bertz CT molecular complexity index is 765. The summed E-state index contributed by atoms with van der Waals surface area (Å²) < 4.78 is 11.2. The van der Waals surface area contributed by atoms with Crippen LogP contribution >= 0.6 is 23.4 Å². The summed E-state index contributed by atoms with van der Waals surface area (Å²) in [6.07, 6.45) is 0. The molecule has 1 fully saturated rings. The van der Waals surface area contributed by atoms with E-state index in [1.807, 2.05) is 23.1 Å². The van der Waals surface area contributed by atoms with Gasteiger partial charge in [0.2, 0.25) is 0 Å². The molecule has 0 spiro atoms. The molecule has 2 heterocycles. The van der Waals surface area contributed by atoms with Crippen LogP contribution in [0.3, 0.4) is 0 Å². The first-order valence-corrected chi connectivity index (χ1v) is 9.23. The van der Waals surface area contributed by atoms with Crippen molar-refractivity contribution >= 4 is 29.3 Å². The fraction of sp³-hybridized carbons (Fsp3) is 0.278. The molecule has 1 saturated heterocycles. The Hall–Kier alpha value is -1.85. The predicted octanol–water partition coefficient (Wildman–Crippen LogP) is 4.00. The Labute approximate surface area is 149 Å². The summed E-state index contributed by atoms with van der Waals surface area (Å²) in [5, 5.41) is 0.620. The van der Waals surface area contributed by atoms with Gasteiger partial charge in [-0.05, 0) is 42.0 Å². The highest BCUT2D eigenvalue weighted by Crippen LogP contribution is 2.42. The molecular formula is C18H16ClNO3S. The molecule has 0 radical (unpaired) electrons. The van der Waals surface area contributed by atoms with Gasteiger partial charge in [0, 0.05) is 22.9 Å². The maximum atomic E-state index is 12.8. The predicted molar refractivity (Wildman–Crippen MR) is 95.1 cm³/mol. The molecule has 1 unspecified atom stereocenters. The van der Waals surface area contributed by atoms with Gasteiger partial charge < -0.3 is 14.4 Å². The quantitative estimate of drug-likeness (QED) is 0.810. The third kappa shape index (κ3) is 2.94. The van der Waals surface area contributed by atoms with Crippen LogP contribution in [0.25, 0.3) is 0 Å². The first kappa shape index (κ1) is 15.7. The van der Waals surface area contributed by atoms with Crippen LogP contribution in [0.2, 0.25) is 5.02 Å². The minimum Gasteiger partial charge on any atom is -0.486 e. The van der Waals surface area contributed by atoms with Crippen molar-refractivity contribution in [1.29, 1.82) is 0 Å². The molecule has 2 aliphatic rings. The number of benzene rings is 2. The van der Waals surface area contributed by atoms with E-state index in [4.69, 9.17) is 21.1 Å². The Kier molecular flexibility index (Phi) is 4.29. The normalized spacial score (nSPS) is 19.4. The monoisotopic (exact) mass is 361 g/mol. The van der Waals surface area contributed by atoms with Gasteiger partial charge in [0.25, 0.3) is 5.91 Å². The summed E-state index contributed by atoms with van der Waals surface area (Å²) in [5.74, 6) is 2.46. The lowest BCUT2D eigenvalue weighted by atomic mass is 10.1. The largest absolute Gasteiger partial charge is 0.486 e. The van der Waals surface area contributed by atoms with Crippen molar-refractivity contribution in [2.45, 2.75) is 5.37 Å². The van der Waals surface area contributed by atoms with Crippen molar-refractivity contribution in [2.75, 3.05) is 25.5 Å². The molecule has 2 aromatic rings. The lowest BCUT2D eigenvalue weighted by Crippen LogP contribution is -2.30. The zero-order valence-electron chi connectivity index (χ0n) is 12.9. The number of nitrogens with zero attached hydrogens (tertiary/aromatic N) is 1. The fourth-order valence-electron chi connectivity index (χ4n) is 2.93. The second-order valence-corrected chi connectivity index (χ2v) is 7.26. The molecule has 124 valence electrons. The molecule has 0 bridgehead atoms. The van der Waals surface area contributed by atoms with E-state index in [9.17, 15) is 4.79 Å². The number of amides is 1. The molecule has 2 aliphatic heterocycles. The first-order valence-electron chi connectivity index (χ1n) is 7.80. The van der Waals surface area contributed by atoms with Crippen molar-refractivity contribution in [1.82, 2.24) is 4.90 Å². The van der Waals surface area contributed by atoms with Crippen molar-refractivity contribution in [2.24, 2.45) is 0 Å². The van der Waals surface area contributed by atoms with E-state index in [1.165, 1.54) is 0 Å². The lowest BCUT2D eigenvalue weighted by molar-refractivity contribution is 0.0760. The summed E-state index contributed by atoms with van der Waals surface area (Å²) in [6.45, 7) is 1.86. The molecule has 0 aromatic heterocycles. The van der Waals surface area contributed by atoms with Gasteiger partial charge >= 0.3 is 0 Å². The minimum absolute atomic E-state index is 0.0102. The number of ether oxygens (including phenoxy) is 2. The van der Waals surface area contributed by atoms with E-state index in [1.54, 1.807) is 36.0 Å². The Morgan fingerprint density at radius 2 is 1.83 bits per heavy atom. The third-order valence-electron chi connectivity index (χ3n) is 4.09. The maximum absolute atomic E-state index is 12.8. The van der Waals surface area contributed by atoms with E-state index < -0.39 is 0 Å². The topological polar surface area (TPSA) is 38.8 Å². The van der Waals surface area contributed by atoms with Crippen molar-refractivity contribution < 1.29 is 14.3 Å². The van der Waals surface area contributed by atoms with E-state index in [0.717, 1.165) is 29.4 Å². The van der Waals surface area contributed by atoms with Crippen LogP contribution in [0.15, 0.2) is 42.5 Å². The molecule has 2 aromatic carbocycles. The van der Waals surface area contributed by atoms with Crippen LogP contribution in [0.5, 0.6) is 11.5 Å². The molecule has 0 N–H and O–H groups in total. The van der Waals surface area contributed by atoms with Crippen molar-refractivity contribution in [3.05, 3.63) is 58.6 Å². The molecule has 24 heavy (non-hydrogen) atoms. The summed E-state index contributed by atoms with van der Waals surface area (Å²) >= 11 is 7.68. The summed E-state index contributed by atoms with van der Waals surface area (Å²) in [5.41, 5.74) is 1.72. The van der Waals surface area contributed by atoms with Crippen LogP contribution in [0.1, 0.15) is 21.3 Å². The number of carbonyl (C=O) groups is 1. The fourth-order valence-corrected chi connectivity index (χ4v) is 4.30. The highest BCUT2D eigenvalue weighted by Gasteiger charge is 2.32. The Morgan fingerprint density at radius 1 is 1.08 bits per heavy atom. The second kappa shape index (κ2) is 6.57. The number of carbonyl (C=O) groups excluding carboxylic acids is 1. The van der Waals surface area contributed by atoms with Crippen LogP contribution in [0.4, 0.5) is 0 Å². The number of fused-ring (bicyclic) bond motifs is 1. The second-order valence-electron chi connectivity index (χ2n) is 5.63. The van der Waals surface area contributed by atoms with Gasteiger partial charge in [-0.3, -0.25) is 4.79 Å². The van der Waals surface area contributed by atoms with Gasteiger partial charge in [0.1, 0.15) is 18.6 Å². The number of thioether (sulfide) groups is 1. The smallest absolute Gasteiger partial charge is 0.255 e. The average Bonchev–Trinajstić information content (AvgIpc) is 3.11. The third-order valence-corrected chi connectivity index (χ3v) is 5.61. The molecule has 1 atom stereocenters. The van der Waals surface area contributed by atoms with Gasteiger partial charge in [-0.2, -0.15) is 0 Å². The highest BCUT2D eigenvalue weighted by atomic mass is 35.5. The van der Waals surface area contributed by atoms with Gasteiger partial charge in [-0.1, -0.05) is 17.7 Å². The Morgan fingerprint density at radius 3 is 2.62 bits per heavy atom. The Balaban J connectivity index is 1.60. The van der Waals surface area contributed by atoms with Crippen LogP contribution < -0.4 is 9.47 Å². The maximum Gasteiger partial charge on any atom is 0.255 e. The number of rotatable bonds is 2. The van der Waals surface area contributed by atoms with Gasteiger partial charge in [-0.15, -0.1) is 11.8 Å². The zero-order valence-corrected chi connectivity index (χ0v) is 14.5. The summed E-state index contributed by atoms with van der Waals surface area (Å²) in [7, 11) is 0. The zero-order chi connectivity index (χ0) is 16.5. The number of halogens is 1. The van der Waals surface area contributed by atoms with Gasteiger partial charge in [0.15, 0.2) is 11.5 Å². The minimum atomic E-state index is -0.0102. The highest BCUT2D eigenvalue weighted by molar-refractivity contribution is 7.99. The molecule has 0 saturated carbocycles. The molecular weight excluding hydrogens is 346 g/mol. The lowest BCUT2D eigenvalue weighted by Gasteiger charge is -2.26. The van der Waals surface area contributed by atoms with Gasteiger partial charge in [-0.25, -0.2) is 0 Å².